The SMILES string of the molecule is O=C(NC1CCN(S(=O)(=O)c2ccc(Cl)cc2)CC1)c1ccccc1F. The molecule has 1 fully saturated rings. The second kappa shape index (κ2) is 7.73. The van der Waals surface area contributed by atoms with Crippen LogP contribution >= 0.6 is 11.6 Å². The number of benzene rings is 2. The van der Waals surface area contributed by atoms with Crippen LogP contribution in [0.1, 0.15) is 23.2 Å². The van der Waals surface area contributed by atoms with Crippen molar-refractivity contribution in [3.63, 3.8) is 0 Å². The van der Waals surface area contributed by atoms with E-state index in [1.807, 2.05) is 0 Å². The van der Waals surface area contributed by atoms with Crippen LogP contribution in [0.2, 0.25) is 5.02 Å². The molecule has 1 N–H and O–H groups in total. The maximum atomic E-state index is 13.7. The minimum atomic E-state index is -3.59. The average molecular weight is 397 g/mol. The molecule has 0 radical (unpaired) electrons. The third-order valence-electron chi connectivity index (χ3n) is 4.36. The van der Waals surface area contributed by atoms with Gasteiger partial charge in [-0.2, -0.15) is 4.31 Å². The number of sulfonamides is 1. The molecule has 1 amide bonds. The largest absolute Gasteiger partial charge is 0.349 e. The van der Waals surface area contributed by atoms with Crippen LogP contribution in [0.5, 0.6) is 0 Å². The number of amides is 1. The van der Waals surface area contributed by atoms with Crippen LogP contribution in [0.25, 0.3) is 0 Å². The van der Waals surface area contributed by atoms with E-state index in [9.17, 15) is 17.6 Å². The Kier molecular flexibility index (Phi) is 5.60. The molecule has 1 aliphatic heterocycles. The van der Waals surface area contributed by atoms with Crippen molar-refractivity contribution in [2.45, 2.75) is 23.8 Å². The molecule has 0 saturated carbocycles. The Morgan fingerprint density at radius 1 is 1.08 bits per heavy atom. The molecular weight excluding hydrogens is 379 g/mol. The van der Waals surface area contributed by atoms with Gasteiger partial charge in [-0.1, -0.05) is 23.7 Å². The minimum absolute atomic E-state index is 0.0104. The topological polar surface area (TPSA) is 66.5 Å². The van der Waals surface area contributed by atoms with Crippen LogP contribution in [-0.2, 0) is 10.0 Å². The summed E-state index contributed by atoms with van der Waals surface area (Å²) in [5.74, 6) is -1.06. The third-order valence-corrected chi connectivity index (χ3v) is 6.52. The van der Waals surface area contributed by atoms with Crippen molar-refractivity contribution in [1.82, 2.24) is 9.62 Å². The van der Waals surface area contributed by atoms with Gasteiger partial charge in [0.05, 0.1) is 10.5 Å². The van der Waals surface area contributed by atoms with Gasteiger partial charge in [-0.15, -0.1) is 0 Å². The highest BCUT2D eigenvalue weighted by Gasteiger charge is 2.30. The second-order valence-electron chi connectivity index (χ2n) is 6.09. The molecule has 2 aromatic carbocycles. The Bertz CT molecular complexity index is 895. The quantitative estimate of drug-likeness (QED) is 0.863. The summed E-state index contributed by atoms with van der Waals surface area (Å²) in [5.41, 5.74) is -0.0104. The highest BCUT2D eigenvalue weighted by Crippen LogP contribution is 2.22. The van der Waals surface area contributed by atoms with E-state index < -0.39 is 21.7 Å². The first-order chi connectivity index (χ1) is 12.4. The third kappa shape index (κ3) is 4.06. The van der Waals surface area contributed by atoms with E-state index in [0.29, 0.717) is 17.9 Å². The predicted molar refractivity (Wildman–Crippen MR) is 97.1 cm³/mol. The van der Waals surface area contributed by atoms with Crippen molar-refractivity contribution < 1.29 is 17.6 Å². The summed E-state index contributed by atoms with van der Waals surface area (Å²) in [7, 11) is -3.59. The smallest absolute Gasteiger partial charge is 0.254 e. The lowest BCUT2D eigenvalue weighted by atomic mass is 10.1. The molecule has 1 heterocycles. The van der Waals surface area contributed by atoms with Gasteiger partial charge in [-0.25, -0.2) is 12.8 Å². The van der Waals surface area contributed by atoms with Gasteiger partial charge < -0.3 is 5.32 Å². The van der Waals surface area contributed by atoms with Crippen molar-refractivity contribution in [2.24, 2.45) is 0 Å². The molecule has 138 valence electrons. The number of nitrogens with one attached hydrogen (secondary N) is 1. The van der Waals surface area contributed by atoms with Gasteiger partial charge >= 0.3 is 0 Å². The summed E-state index contributed by atoms with van der Waals surface area (Å²) in [6, 6.07) is 11.6. The molecule has 0 spiro atoms. The summed E-state index contributed by atoms with van der Waals surface area (Å²) in [6.07, 6.45) is 0.931. The van der Waals surface area contributed by atoms with Gasteiger partial charge in [0.1, 0.15) is 5.82 Å². The van der Waals surface area contributed by atoms with Crippen molar-refractivity contribution in [3.05, 3.63) is 64.9 Å². The van der Waals surface area contributed by atoms with Crippen molar-refractivity contribution in [3.8, 4) is 0 Å². The zero-order valence-corrected chi connectivity index (χ0v) is 15.4. The fourth-order valence-electron chi connectivity index (χ4n) is 2.90. The van der Waals surface area contributed by atoms with Crippen LogP contribution < -0.4 is 5.32 Å². The molecule has 0 bridgehead atoms. The van der Waals surface area contributed by atoms with E-state index in [0.717, 1.165) is 0 Å². The van der Waals surface area contributed by atoms with Gasteiger partial charge in [0.2, 0.25) is 10.0 Å². The van der Waals surface area contributed by atoms with E-state index in [1.165, 1.54) is 46.8 Å². The fourth-order valence-corrected chi connectivity index (χ4v) is 4.50. The van der Waals surface area contributed by atoms with Gasteiger partial charge in [0, 0.05) is 24.2 Å². The molecule has 1 aliphatic rings. The number of hydrogen-bond donors (Lipinski definition) is 1. The molecule has 0 unspecified atom stereocenters. The summed E-state index contributed by atoms with van der Waals surface area (Å²) < 4.78 is 40.3. The van der Waals surface area contributed by atoms with Crippen LogP contribution in [0.15, 0.2) is 53.4 Å². The van der Waals surface area contributed by atoms with E-state index in [-0.39, 0.29) is 29.6 Å². The van der Waals surface area contributed by atoms with Gasteiger partial charge in [-0.3, -0.25) is 4.79 Å². The normalized spacial score (nSPS) is 16.4. The zero-order valence-electron chi connectivity index (χ0n) is 13.9. The number of carbonyl (C=O) groups excluding carboxylic acids is 1. The van der Waals surface area contributed by atoms with E-state index in [2.05, 4.69) is 5.32 Å². The zero-order chi connectivity index (χ0) is 18.7. The molecule has 3 rings (SSSR count). The highest BCUT2D eigenvalue weighted by atomic mass is 35.5. The van der Waals surface area contributed by atoms with E-state index in [4.69, 9.17) is 11.6 Å². The monoisotopic (exact) mass is 396 g/mol. The number of carbonyl (C=O) groups is 1. The molecule has 0 aromatic heterocycles. The standard InChI is InChI=1S/C18H18ClFN2O3S/c19-13-5-7-15(8-6-13)26(24,25)22-11-9-14(10-12-22)21-18(23)16-3-1-2-4-17(16)20/h1-8,14H,9-12H2,(H,21,23). The summed E-state index contributed by atoms with van der Waals surface area (Å²) in [4.78, 5) is 12.4. The average Bonchev–Trinajstić information content (AvgIpc) is 2.63. The number of nitrogens with zero attached hydrogens (tertiary/aromatic N) is 1. The van der Waals surface area contributed by atoms with Crippen LogP contribution in [0, 0.1) is 5.82 Å². The number of halogens is 2. The molecule has 2 aromatic rings. The number of hydrogen-bond acceptors (Lipinski definition) is 3. The lowest BCUT2D eigenvalue weighted by Gasteiger charge is -2.31. The maximum absolute atomic E-state index is 13.7. The minimum Gasteiger partial charge on any atom is -0.349 e. The highest BCUT2D eigenvalue weighted by molar-refractivity contribution is 7.89. The summed E-state index contributed by atoms with van der Waals surface area (Å²) in [5, 5.41) is 3.25. The van der Waals surface area contributed by atoms with E-state index in [1.54, 1.807) is 6.07 Å². The first-order valence-corrected chi connectivity index (χ1v) is 10.0. The Hall–Kier alpha value is -1.96. The first kappa shape index (κ1) is 18.8. The van der Waals surface area contributed by atoms with Crippen molar-refractivity contribution in [1.29, 1.82) is 0 Å². The van der Waals surface area contributed by atoms with Crippen LogP contribution in [-0.4, -0.2) is 37.8 Å². The molecule has 1 saturated heterocycles. The Morgan fingerprint density at radius 3 is 2.31 bits per heavy atom. The molecule has 26 heavy (non-hydrogen) atoms. The Balaban J connectivity index is 1.61. The molecule has 0 atom stereocenters. The maximum Gasteiger partial charge on any atom is 0.254 e. The van der Waals surface area contributed by atoms with Gasteiger partial charge in [-0.05, 0) is 49.2 Å². The van der Waals surface area contributed by atoms with Crippen LogP contribution in [0.3, 0.4) is 0 Å². The molecule has 8 heteroatoms. The summed E-state index contributed by atoms with van der Waals surface area (Å²) in [6.45, 7) is 0.570. The predicted octanol–water partition coefficient (Wildman–Crippen LogP) is 3.06. The Labute approximate surface area is 156 Å². The number of rotatable bonds is 4. The van der Waals surface area contributed by atoms with Crippen molar-refractivity contribution in [2.75, 3.05) is 13.1 Å². The summed E-state index contributed by atoms with van der Waals surface area (Å²) >= 11 is 5.80. The Morgan fingerprint density at radius 2 is 1.69 bits per heavy atom. The van der Waals surface area contributed by atoms with E-state index >= 15 is 0 Å². The first-order valence-electron chi connectivity index (χ1n) is 8.19. The second-order valence-corrected chi connectivity index (χ2v) is 8.46. The number of piperidine rings is 1. The fraction of sp³-hybridized carbons (Fsp3) is 0.278. The van der Waals surface area contributed by atoms with Crippen molar-refractivity contribution >= 4 is 27.5 Å². The lowest BCUT2D eigenvalue weighted by molar-refractivity contribution is 0.0919. The molecular formula is C18H18ClFN2O3S. The molecule has 5 nitrogen and oxygen atoms in total. The van der Waals surface area contributed by atoms with Crippen LogP contribution in [0.4, 0.5) is 4.39 Å². The van der Waals surface area contributed by atoms with Gasteiger partial charge in [0.15, 0.2) is 0 Å². The van der Waals surface area contributed by atoms with Gasteiger partial charge in [0.25, 0.3) is 5.91 Å². The lowest BCUT2D eigenvalue weighted by Crippen LogP contribution is -2.46. The molecule has 0 aliphatic carbocycles.